The monoisotopic (exact) mass is 371 g/mol. The van der Waals surface area contributed by atoms with E-state index in [0.717, 1.165) is 0 Å². The van der Waals surface area contributed by atoms with E-state index in [1.165, 1.54) is 30.5 Å². The second-order valence-electron chi connectivity index (χ2n) is 5.62. The number of nitrogens with one attached hydrogen (secondary N) is 1. The van der Waals surface area contributed by atoms with Gasteiger partial charge in [0, 0.05) is 31.7 Å². The van der Waals surface area contributed by atoms with Crippen LogP contribution in [0.3, 0.4) is 0 Å². The van der Waals surface area contributed by atoms with Gasteiger partial charge >= 0.3 is 11.6 Å². The maximum Gasteiger partial charge on any atom is 0.379 e. The second kappa shape index (κ2) is 8.33. The minimum atomic E-state index is -0.777. The fourth-order valence-electron chi connectivity index (χ4n) is 2.38. The van der Waals surface area contributed by atoms with Crippen LogP contribution in [0.2, 0.25) is 0 Å². The van der Waals surface area contributed by atoms with Crippen molar-refractivity contribution in [2.75, 3.05) is 20.3 Å². The Morgan fingerprint density at radius 1 is 1.19 bits per heavy atom. The molecule has 0 saturated heterocycles. The van der Waals surface area contributed by atoms with Crippen molar-refractivity contribution in [3.05, 3.63) is 64.4 Å². The fraction of sp³-hybridized carbons (Fsp3) is 0.211. The van der Waals surface area contributed by atoms with Crippen molar-refractivity contribution >= 4 is 22.8 Å². The summed E-state index contributed by atoms with van der Waals surface area (Å²) >= 11 is 0. The number of esters is 1. The summed E-state index contributed by atoms with van der Waals surface area (Å²) in [6, 6.07) is 9.00. The number of furan rings is 1. The summed E-state index contributed by atoms with van der Waals surface area (Å²) in [5.41, 5.74) is -0.679. The lowest BCUT2D eigenvalue weighted by Crippen LogP contribution is -2.29. The van der Waals surface area contributed by atoms with E-state index < -0.39 is 17.5 Å². The summed E-state index contributed by atoms with van der Waals surface area (Å²) in [4.78, 5) is 36.1. The zero-order valence-corrected chi connectivity index (χ0v) is 14.5. The third kappa shape index (κ3) is 4.42. The minimum absolute atomic E-state index is 0.0528. The molecule has 1 amide bonds. The van der Waals surface area contributed by atoms with E-state index in [1.54, 1.807) is 19.2 Å². The molecule has 27 heavy (non-hydrogen) atoms. The zero-order valence-electron chi connectivity index (χ0n) is 14.5. The number of ether oxygens (including phenoxy) is 2. The van der Waals surface area contributed by atoms with Gasteiger partial charge in [0.05, 0.1) is 6.26 Å². The van der Waals surface area contributed by atoms with Crippen molar-refractivity contribution in [3.8, 4) is 5.75 Å². The average Bonchev–Trinajstić information content (AvgIpc) is 3.19. The van der Waals surface area contributed by atoms with E-state index >= 15 is 0 Å². The Morgan fingerprint density at radius 2 is 2.04 bits per heavy atom. The highest BCUT2D eigenvalue weighted by Gasteiger charge is 2.15. The standard InChI is InChI=1S/C19H17NO7/c1-24-8-3-7-20-17(21)14-10-12-5-6-13(11-16(12)27-18(14)22)26-19(23)15-4-2-9-25-15/h2,4-6,9-11H,3,7-8H2,1H3,(H,20,21). The van der Waals surface area contributed by atoms with Crippen LogP contribution in [-0.2, 0) is 4.74 Å². The van der Waals surface area contributed by atoms with Gasteiger partial charge in [0.1, 0.15) is 16.9 Å². The maximum atomic E-state index is 12.1. The number of amides is 1. The smallest absolute Gasteiger partial charge is 0.379 e. The summed E-state index contributed by atoms with van der Waals surface area (Å²) in [5.74, 6) is -0.954. The van der Waals surface area contributed by atoms with Crippen LogP contribution in [0.5, 0.6) is 5.75 Å². The van der Waals surface area contributed by atoms with Gasteiger partial charge in [0.2, 0.25) is 5.76 Å². The van der Waals surface area contributed by atoms with Crippen molar-refractivity contribution in [3.63, 3.8) is 0 Å². The molecular weight excluding hydrogens is 354 g/mol. The number of rotatable bonds is 7. The van der Waals surface area contributed by atoms with E-state index in [-0.39, 0.29) is 22.7 Å². The van der Waals surface area contributed by atoms with Gasteiger partial charge in [0.15, 0.2) is 0 Å². The molecule has 0 aliphatic rings. The summed E-state index contributed by atoms with van der Waals surface area (Å²) in [7, 11) is 1.57. The molecule has 0 saturated carbocycles. The first-order valence-electron chi connectivity index (χ1n) is 8.19. The van der Waals surface area contributed by atoms with E-state index in [0.29, 0.717) is 25.0 Å². The zero-order chi connectivity index (χ0) is 19.2. The van der Waals surface area contributed by atoms with Crippen LogP contribution < -0.4 is 15.7 Å². The van der Waals surface area contributed by atoms with E-state index in [4.69, 9.17) is 18.3 Å². The van der Waals surface area contributed by atoms with Crippen LogP contribution in [-0.4, -0.2) is 32.1 Å². The highest BCUT2D eigenvalue weighted by molar-refractivity contribution is 5.97. The van der Waals surface area contributed by atoms with Crippen LogP contribution in [0, 0.1) is 0 Å². The number of fused-ring (bicyclic) bond motifs is 1. The maximum absolute atomic E-state index is 12.1. The van der Waals surface area contributed by atoms with Crippen LogP contribution in [0.15, 0.2) is 56.3 Å². The lowest BCUT2D eigenvalue weighted by molar-refractivity contribution is 0.0701. The first-order valence-corrected chi connectivity index (χ1v) is 8.19. The second-order valence-corrected chi connectivity index (χ2v) is 5.62. The van der Waals surface area contributed by atoms with Crippen LogP contribution in [0.4, 0.5) is 0 Å². The van der Waals surface area contributed by atoms with Gasteiger partial charge in [-0.1, -0.05) is 0 Å². The molecule has 0 unspecified atom stereocenters. The molecule has 2 aromatic heterocycles. The minimum Gasteiger partial charge on any atom is -0.457 e. The molecule has 140 valence electrons. The number of methoxy groups -OCH3 is 1. The van der Waals surface area contributed by atoms with E-state index in [1.807, 2.05) is 0 Å². The highest BCUT2D eigenvalue weighted by atomic mass is 16.5. The van der Waals surface area contributed by atoms with E-state index in [2.05, 4.69) is 5.32 Å². The molecule has 0 atom stereocenters. The first-order chi connectivity index (χ1) is 13.1. The first kappa shape index (κ1) is 18.4. The Labute approximate surface area is 153 Å². The molecular formula is C19H17NO7. The third-order valence-electron chi connectivity index (χ3n) is 3.70. The Morgan fingerprint density at radius 3 is 2.78 bits per heavy atom. The molecule has 0 radical (unpaired) electrons. The molecule has 8 heteroatoms. The van der Waals surface area contributed by atoms with Crippen LogP contribution in [0.25, 0.3) is 11.0 Å². The van der Waals surface area contributed by atoms with Crippen molar-refractivity contribution in [2.45, 2.75) is 6.42 Å². The fourth-order valence-corrected chi connectivity index (χ4v) is 2.38. The number of carbonyl (C=O) groups is 2. The van der Waals surface area contributed by atoms with Crippen LogP contribution >= 0.6 is 0 Å². The van der Waals surface area contributed by atoms with Gasteiger partial charge in [-0.2, -0.15) is 0 Å². The summed E-state index contributed by atoms with van der Waals surface area (Å²) < 4.78 is 20.2. The molecule has 0 bridgehead atoms. The van der Waals surface area contributed by atoms with Crippen molar-refractivity contribution in [1.29, 1.82) is 0 Å². The van der Waals surface area contributed by atoms with Gasteiger partial charge < -0.3 is 23.6 Å². The molecule has 3 rings (SSSR count). The third-order valence-corrected chi connectivity index (χ3v) is 3.70. The topological polar surface area (TPSA) is 108 Å². The Bertz CT molecular complexity index is 1000. The molecule has 0 fully saturated rings. The lowest BCUT2D eigenvalue weighted by Gasteiger charge is -2.06. The quantitative estimate of drug-likeness (QED) is 0.294. The Kier molecular flexibility index (Phi) is 5.68. The lowest BCUT2D eigenvalue weighted by atomic mass is 10.1. The number of carbonyl (C=O) groups excluding carboxylic acids is 2. The molecule has 0 aliphatic carbocycles. The number of benzene rings is 1. The predicted molar refractivity (Wildman–Crippen MR) is 95.0 cm³/mol. The molecule has 2 heterocycles. The van der Waals surface area contributed by atoms with Crippen LogP contribution in [0.1, 0.15) is 27.3 Å². The SMILES string of the molecule is COCCCNC(=O)c1cc2ccc(OC(=O)c3ccco3)cc2oc1=O. The van der Waals surface area contributed by atoms with Gasteiger partial charge in [-0.15, -0.1) is 0 Å². The summed E-state index contributed by atoms with van der Waals surface area (Å²) in [6.07, 6.45) is 1.99. The summed E-state index contributed by atoms with van der Waals surface area (Å²) in [5, 5.41) is 3.16. The number of hydrogen-bond donors (Lipinski definition) is 1. The molecule has 3 aromatic rings. The molecule has 1 N–H and O–H groups in total. The van der Waals surface area contributed by atoms with Gasteiger partial charge in [-0.25, -0.2) is 9.59 Å². The van der Waals surface area contributed by atoms with Crippen molar-refractivity contribution in [2.24, 2.45) is 0 Å². The van der Waals surface area contributed by atoms with Gasteiger partial charge in [-0.05, 0) is 36.8 Å². The Hall–Kier alpha value is -3.39. The molecule has 0 spiro atoms. The highest BCUT2D eigenvalue weighted by Crippen LogP contribution is 2.21. The largest absolute Gasteiger partial charge is 0.457 e. The Balaban J connectivity index is 1.77. The van der Waals surface area contributed by atoms with Gasteiger partial charge in [0.25, 0.3) is 5.91 Å². The summed E-state index contributed by atoms with van der Waals surface area (Å²) in [6.45, 7) is 0.887. The normalized spacial score (nSPS) is 10.7. The number of hydrogen-bond acceptors (Lipinski definition) is 7. The van der Waals surface area contributed by atoms with Crippen molar-refractivity contribution < 1.29 is 27.9 Å². The van der Waals surface area contributed by atoms with Crippen molar-refractivity contribution in [1.82, 2.24) is 5.32 Å². The molecule has 0 aliphatic heterocycles. The van der Waals surface area contributed by atoms with E-state index in [9.17, 15) is 14.4 Å². The molecule has 1 aromatic carbocycles. The predicted octanol–water partition coefficient (Wildman–Crippen LogP) is 2.37. The average molecular weight is 371 g/mol. The van der Waals surface area contributed by atoms with Gasteiger partial charge in [-0.3, -0.25) is 4.79 Å². The molecule has 8 nitrogen and oxygen atoms in total.